The lowest BCUT2D eigenvalue weighted by Crippen LogP contribution is -2.21. The molecule has 1 fully saturated rings. The summed E-state index contributed by atoms with van der Waals surface area (Å²) >= 11 is 5.38. The van der Waals surface area contributed by atoms with Crippen molar-refractivity contribution in [3.8, 4) is 0 Å². The highest BCUT2D eigenvalue weighted by Gasteiger charge is 2.18. The third-order valence-electron chi connectivity index (χ3n) is 3.25. The largest absolute Gasteiger partial charge is 0.378 e. The van der Waals surface area contributed by atoms with E-state index < -0.39 is 0 Å². The average molecular weight is 318 g/mol. The minimum absolute atomic E-state index is 0.147. The van der Waals surface area contributed by atoms with Gasteiger partial charge in [-0.1, -0.05) is 0 Å². The molecule has 2 atom stereocenters. The van der Waals surface area contributed by atoms with E-state index in [0.717, 1.165) is 23.9 Å². The fourth-order valence-electron chi connectivity index (χ4n) is 2.29. The van der Waals surface area contributed by atoms with Gasteiger partial charge in [0, 0.05) is 26.9 Å². The molecule has 0 aliphatic carbocycles. The zero-order valence-corrected chi connectivity index (χ0v) is 12.6. The molecular formula is C13H20BrNOS. The van der Waals surface area contributed by atoms with Crippen molar-refractivity contribution < 1.29 is 4.74 Å². The average Bonchev–Trinajstić information content (AvgIpc) is 2.67. The van der Waals surface area contributed by atoms with E-state index in [2.05, 4.69) is 28.9 Å². The molecule has 17 heavy (non-hydrogen) atoms. The fourth-order valence-corrected chi connectivity index (χ4v) is 4.27. The summed E-state index contributed by atoms with van der Waals surface area (Å²) in [4.78, 5) is 2.59. The Labute approximate surface area is 116 Å². The van der Waals surface area contributed by atoms with Gasteiger partial charge in [0.05, 0.1) is 6.10 Å². The summed E-state index contributed by atoms with van der Waals surface area (Å²) in [6.45, 7) is 3.05. The molecule has 1 aromatic heterocycles. The Morgan fingerprint density at radius 1 is 1.59 bits per heavy atom. The highest BCUT2D eigenvalue weighted by molar-refractivity contribution is 9.10. The summed E-state index contributed by atoms with van der Waals surface area (Å²) < 4.78 is 6.90. The standard InChI is InChI=1S/C13H20BrNOS/c1-9-8-11(14)13(17-9)12(15)6-5-10-4-2-3-7-16-10/h8,10,12H,2-7,15H2,1H3. The van der Waals surface area contributed by atoms with E-state index in [1.807, 2.05) is 0 Å². The van der Waals surface area contributed by atoms with Crippen molar-refractivity contribution in [3.63, 3.8) is 0 Å². The molecule has 2 N–H and O–H groups in total. The van der Waals surface area contributed by atoms with Gasteiger partial charge in [0.2, 0.25) is 0 Å². The van der Waals surface area contributed by atoms with Gasteiger partial charge in [0.25, 0.3) is 0 Å². The topological polar surface area (TPSA) is 35.2 Å². The van der Waals surface area contributed by atoms with E-state index in [0.29, 0.717) is 6.10 Å². The van der Waals surface area contributed by atoms with Gasteiger partial charge >= 0.3 is 0 Å². The van der Waals surface area contributed by atoms with Crippen molar-refractivity contribution in [2.24, 2.45) is 5.73 Å². The fraction of sp³-hybridized carbons (Fsp3) is 0.692. The molecule has 1 aliphatic rings. The van der Waals surface area contributed by atoms with Crippen LogP contribution in [0, 0.1) is 6.92 Å². The molecule has 0 aromatic carbocycles. The molecule has 0 radical (unpaired) electrons. The molecule has 1 aromatic rings. The van der Waals surface area contributed by atoms with Crippen molar-refractivity contribution in [1.29, 1.82) is 0 Å². The molecule has 96 valence electrons. The molecule has 0 saturated carbocycles. The number of hydrogen-bond acceptors (Lipinski definition) is 3. The zero-order chi connectivity index (χ0) is 12.3. The van der Waals surface area contributed by atoms with Crippen LogP contribution in [0.1, 0.15) is 47.9 Å². The van der Waals surface area contributed by atoms with Crippen LogP contribution in [0.3, 0.4) is 0 Å². The van der Waals surface area contributed by atoms with Gasteiger partial charge in [-0.2, -0.15) is 0 Å². The monoisotopic (exact) mass is 317 g/mol. The van der Waals surface area contributed by atoms with Crippen molar-refractivity contribution in [2.45, 2.75) is 51.2 Å². The van der Waals surface area contributed by atoms with Crippen LogP contribution in [0.15, 0.2) is 10.5 Å². The zero-order valence-electron chi connectivity index (χ0n) is 10.2. The van der Waals surface area contributed by atoms with Gasteiger partial charge in [0.15, 0.2) is 0 Å². The van der Waals surface area contributed by atoms with Crippen molar-refractivity contribution in [2.75, 3.05) is 6.61 Å². The van der Waals surface area contributed by atoms with Crippen LogP contribution in [-0.4, -0.2) is 12.7 Å². The van der Waals surface area contributed by atoms with Gasteiger partial charge in [-0.15, -0.1) is 11.3 Å². The second kappa shape index (κ2) is 6.32. The highest BCUT2D eigenvalue weighted by Crippen LogP contribution is 2.33. The lowest BCUT2D eigenvalue weighted by molar-refractivity contribution is 0.00916. The Morgan fingerprint density at radius 3 is 3.00 bits per heavy atom. The first-order valence-corrected chi connectivity index (χ1v) is 7.91. The number of ether oxygens (including phenoxy) is 1. The van der Waals surface area contributed by atoms with Gasteiger partial charge in [-0.3, -0.25) is 0 Å². The Kier molecular flexibility index (Phi) is 5.03. The maximum atomic E-state index is 6.25. The number of thiophene rings is 1. The van der Waals surface area contributed by atoms with Crippen molar-refractivity contribution >= 4 is 27.3 Å². The second-order valence-electron chi connectivity index (χ2n) is 4.74. The Bertz CT molecular complexity index is 360. The number of nitrogens with two attached hydrogens (primary N) is 1. The van der Waals surface area contributed by atoms with Crippen molar-refractivity contribution in [3.05, 3.63) is 20.3 Å². The summed E-state index contributed by atoms with van der Waals surface area (Å²) in [5.41, 5.74) is 6.25. The molecule has 1 aliphatic heterocycles. The Morgan fingerprint density at radius 2 is 2.41 bits per heavy atom. The quantitative estimate of drug-likeness (QED) is 0.904. The molecule has 2 unspecified atom stereocenters. The maximum absolute atomic E-state index is 6.25. The smallest absolute Gasteiger partial charge is 0.0575 e. The summed E-state index contributed by atoms with van der Waals surface area (Å²) in [6.07, 6.45) is 6.28. The number of hydrogen-bond donors (Lipinski definition) is 1. The molecule has 2 heterocycles. The van der Waals surface area contributed by atoms with E-state index in [4.69, 9.17) is 10.5 Å². The predicted molar refractivity (Wildman–Crippen MR) is 76.5 cm³/mol. The van der Waals surface area contributed by atoms with E-state index in [9.17, 15) is 0 Å². The molecule has 0 amide bonds. The van der Waals surface area contributed by atoms with E-state index >= 15 is 0 Å². The maximum Gasteiger partial charge on any atom is 0.0575 e. The Balaban J connectivity index is 1.84. The first-order chi connectivity index (χ1) is 8.16. The Hall–Kier alpha value is 0.1000. The van der Waals surface area contributed by atoms with Crippen molar-refractivity contribution in [1.82, 2.24) is 0 Å². The highest BCUT2D eigenvalue weighted by atomic mass is 79.9. The number of halogens is 1. The van der Waals surface area contributed by atoms with Gasteiger partial charge in [-0.25, -0.2) is 0 Å². The van der Waals surface area contributed by atoms with Gasteiger partial charge < -0.3 is 10.5 Å². The first kappa shape index (κ1) is 13.5. The molecular weight excluding hydrogens is 298 g/mol. The van der Waals surface area contributed by atoms with Crippen LogP contribution in [0.4, 0.5) is 0 Å². The minimum Gasteiger partial charge on any atom is -0.378 e. The van der Waals surface area contributed by atoms with Crippen LogP contribution in [-0.2, 0) is 4.74 Å². The van der Waals surface area contributed by atoms with Crippen LogP contribution >= 0.6 is 27.3 Å². The molecule has 0 spiro atoms. The summed E-state index contributed by atoms with van der Waals surface area (Å²) in [7, 11) is 0. The number of rotatable bonds is 4. The van der Waals surface area contributed by atoms with E-state index in [-0.39, 0.29) is 6.04 Å². The third-order valence-corrected chi connectivity index (χ3v) is 5.35. The van der Waals surface area contributed by atoms with Gasteiger partial charge in [-0.05, 0) is 61.0 Å². The summed E-state index contributed by atoms with van der Waals surface area (Å²) in [5.74, 6) is 0. The first-order valence-electron chi connectivity index (χ1n) is 6.30. The molecule has 4 heteroatoms. The second-order valence-corrected chi connectivity index (χ2v) is 6.88. The van der Waals surface area contributed by atoms with Crippen LogP contribution in [0.25, 0.3) is 0 Å². The molecule has 1 saturated heterocycles. The third kappa shape index (κ3) is 3.78. The van der Waals surface area contributed by atoms with Gasteiger partial charge in [0.1, 0.15) is 0 Å². The summed E-state index contributed by atoms with van der Waals surface area (Å²) in [6, 6.07) is 2.30. The van der Waals surface area contributed by atoms with Crippen LogP contribution in [0.2, 0.25) is 0 Å². The SMILES string of the molecule is Cc1cc(Br)c(C(N)CCC2CCCCO2)s1. The lowest BCUT2D eigenvalue weighted by atomic mass is 10.0. The molecule has 2 rings (SSSR count). The predicted octanol–water partition coefficient (Wildman–Crippen LogP) is 4.17. The van der Waals surface area contributed by atoms with Crippen LogP contribution < -0.4 is 5.73 Å². The minimum atomic E-state index is 0.147. The van der Waals surface area contributed by atoms with E-state index in [1.54, 1.807) is 11.3 Å². The van der Waals surface area contributed by atoms with E-state index in [1.165, 1.54) is 29.0 Å². The molecule has 0 bridgehead atoms. The van der Waals surface area contributed by atoms with Crippen LogP contribution in [0.5, 0.6) is 0 Å². The number of aryl methyl sites for hydroxylation is 1. The molecule has 2 nitrogen and oxygen atoms in total. The normalized spacial score (nSPS) is 22.6. The lowest BCUT2D eigenvalue weighted by Gasteiger charge is -2.23. The summed E-state index contributed by atoms with van der Waals surface area (Å²) in [5, 5.41) is 0.